The topological polar surface area (TPSA) is 49.7 Å². The SMILES string of the molecule is CCc1nn(C)c(Cl)c1CN1CCC[C@H](c2ncc[nH]2)C1. The van der Waals surface area contributed by atoms with Gasteiger partial charge in [0.25, 0.3) is 0 Å². The second-order valence-corrected chi connectivity index (χ2v) is 6.10. The zero-order valence-corrected chi connectivity index (χ0v) is 13.4. The zero-order chi connectivity index (χ0) is 14.8. The van der Waals surface area contributed by atoms with Crippen molar-refractivity contribution in [2.75, 3.05) is 13.1 Å². The summed E-state index contributed by atoms with van der Waals surface area (Å²) in [6.45, 7) is 5.16. The van der Waals surface area contributed by atoms with Gasteiger partial charge in [-0.05, 0) is 25.8 Å². The standard InChI is InChI=1S/C15H22ClN5/c1-3-13-12(14(16)20(2)19-13)10-21-8-4-5-11(9-21)15-17-6-7-18-15/h6-7,11H,3-5,8-10H2,1-2H3,(H,17,18)/t11-/m0/s1. The van der Waals surface area contributed by atoms with Crippen LogP contribution in [0.5, 0.6) is 0 Å². The fourth-order valence-electron chi connectivity index (χ4n) is 3.19. The molecule has 0 bridgehead atoms. The number of halogens is 1. The van der Waals surface area contributed by atoms with Gasteiger partial charge in [0, 0.05) is 44.0 Å². The third-order valence-corrected chi connectivity index (χ3v) is 4.75. The number of piperidine rings is 1. The van der Waals surface area contributed by atoms with E-state index in [1.807, 2.05) is 19.4 Å². The van der Waals surface area contributed by atoms with Gasteiger partial charge in [-0.25, -0.2) is 4.98 Å². The molecule has 1 N–H and O–H groups in total. The second kappa shape index (κ2) is 6.20. The van der Waals surface area contributed by atoms with E-state index in [1.54, 1.807) is 4.68 Å². The summed E-state index contributed by atoms with van der Waals surface area (Å²) in [6.07, 6.45) is 7.06. The molecule has 21 heavy (non-hydrogen) atoms. The summed E-state index contributed by atoms with van der Waals surface area (Å²) in [6, 6.07) is 0. The van der Waals surface area contributed by atoms with Gasteiger partial charge in [-0.15, -0.1) is 0 Å². The van der Waals surface area contributed by atoms with Crippen molar-refractivity contribution >= 4 is 11.6 Å². The highest BCUT2D eigenvalue weighted by molar-refractivity contribution is 6.30. The smallest absolute Gasteiger partial charge is 0.131 e. The van der Waals surface area contributed by atoms with E-state index in [4.69, 9.17) is 11.6 Å². The Morgan fingerprint density at radius 1 is 1.48 bits per heavy atom. The maximum atomic E-state index is 6.40. The van der Waals surface area contributed by atoms with Gasteiger partial charge in [0.2, 0.25) is 0 Å². The van der Waals surface area contributed by atoms with E-state index in [1.165, 1.54) is 18.4 Å². The first kappa shape index (κ1) is 14.6. The minimum atomic E-state index is 0.495. The third kappa shape index (κ3) is 2.99. The number of nitrogens with one attached hydrogen (secondary N) is 1. The van der Waals surface area contributed by atoms with Crippen molar-refractivity contribution in [3.05, 3.63) is 34.6 Å². The van der Waals surface area contributed by atoms with Crippen LogP contribution in [0.2, 0.25) is 5.15 Å². The maximum absolute atomic E-state index is 6.40. The van der Waals surface area contributed by atoms with Crippen LogP contribution in [0.15, 0.2) is 12.4 Å². The van der Waals surface area contributed by atoms with Crippen molar-refractivity contribution in [2.45, 2.75) is 38.6 Å². The van der Waals surface area contributed by atoms with E-state index in [9.17, 15) is 0 Å². The van der Waals surface area contributed by atoms with E-state index in [2.05, 4.69) is 26.9 Å². The second-order valence-electron chi connectivity index (χ2n) is 5.74. The predicted molar refractivity (Wildman–Crippen MR) is 83.4 cm³/mol. The van der Waals surface area contributed by atoms with Crippen LogP contribution in [0.1, 0.15) is 42.8 Å². The molecule has 1 fully saturated rings. The molecule has 114 valence electrons. The van der Waals surface area contributed by atoms with Crippen LogP contribution in [0, 0.1) is 0 Å². The third-order valence-electron chi connectivity index (χ3n) is 4.28. The molecule has 0 unspecified atom stereocenters. The fraction of sp³-hybridized carbons (Fsp3) is 0.600. The Hall–Kier alpha value is -1.33. The van der Waals surface area contributed by atoms with Gasteiger partial charge in [0.1, 0.15) is 11.0 Å². The first-order valence-electron chi connectivity index (χ1n) is 7.61. The molecule has 6 heteroatoms. The highest BCUT2D eigenvalue weighted by atomic mass is 35.5. The Kier molecular flexibility index (Phi) is 4.31. The lowest BCUT2D eigenvalue weighted by Gasteiger charge is -2.31. The number of nitrogens with zero attached hydrogens (tertiary/aromatic N) is 4. The maximum Gasteiger partial charge on any atom is 0.131 e. The van der Waals surface area contributed by atoms with Crippen molar-refractivity contribution in [1.82, 2.24) is 24.6 Å². The average molecular weight is 308 g/mol. The molecule has 1 aliphatic heterocycles. The molecule has 3 rings (SSSR count). The summed E-state index contributed by atoms with van der Waals surface area (Å²) in [5, 5.41) is 5.27. The number of hydrogen-bond acceptors (Lipinski definition) is 3. The first-order valence-corrected chi connectivity index (χ1v) is 7.98. The van der Waals surface area contributed by atoms with Crippen molar-refractivity contribution in [3.8, 4) is 0 Å². The van der Waals surface area contributed by atoms with E-state index < -0.39 is 0 Å². The monoisotopic (exact) mass is 307 g/mol. The Morgan fingerprint density at radius 3 is 3.05 bits per heavy atom. The molecule has 0 aliphatic carbocycles. The molecule has 3 heterocycles. The molecule has 2 aromatic heterocycles. The normalized spacial score (nSPS) is 20.0. The molecule has 1 saturated heterocycles. The lowest BCUT2D eigenvalue weighted by molar-refractivity contribution is 0.196. The van der Waals surface area contributed by atoms with Crippen molar-refractivity contribution < 1.29 is 0 Å². The van der Waals surface area contributed by atoms with Crippen LogP contribution in [0.4, 0.5) is 0 Å². The van der Waals surface area contributed by atoms with Gasteiger partial charge in [0.15, 0.2) is 0 Å². The highest BCUT2D eigenvalue weighted by Gasteiger charge is 2.25. The van der Waals surface area contributed by atoms with Crippen LogP contribution in [0.3, 0.4) is 0 Å². The van der Waals surface area contributed by atoms with Crippen molar-refractivity contribution in [1.29, 1.82) is 0 Å². The molecule has 0 spiro atoms. The molecule has 0 amide bonds. The largest absolute Gasteiger partial charge is 0.348 e. The molecule has 1 atom stereocenters. The number of aromatic nitrogens is 4. The fourth-order valence-corrected chi connectivity index (χ4v) is 3.39. The van der Waals surface area contributed by atoms with Crippen LogP contribution in [-0.4, -0.2) is 37.7 Å². The molecule has 5 nitrogen and oxygen atoms in total. The molecule has 1 aliphatic rings. The van der Waals surface area contributed by atoms with Gasteiger partial charge < -0.3 is 4.98 Å². The van der Waals surface area contributed by atoms with Crippen LogP contribution < -0.4 is 0 Å². The number of hydrogen-bond donors (Lipinski definition) is 1. The first-order chi connectivity index (χ1) is 10.2. The van der Waals surface area contributed by atoms with Crippen LogP contribution >= 0.6 is 11.6 Å². The molecule has 0 saturated carbocycles. The number of imidazole rings is 1. The lowest BCUT2D eigenvalue weighted by Crippen LogP contribution is -2.34. The number of likely N-dealkylation sites (tertiary alicyclic amines) is 1. The van der Waals surface area contributed by atoms with Crippen molar-refractivity contribution in [2.24, 2.45) is 7.05 Å². The molecule has 0 aromatic carbocycles. The summed E-state index contributed by atoms with van der Waals surface area (Å²) in [7, 11) is 1.91. The number of aryl methyl sites for hydroxylation is 2. The summed E-state index contributed by atoms with van der Waals surface area (Å²) in [4.78, 5) is 10.1. The number of rotatable bonds is 4. The van der Waals surface area contributed by atoms with Gasteiger partial charge in [-0.3, -0.25) is 9.58 Å². The van der Waals surface area contributed by atoms with E-state index in [-0.39, 0.29) is 0 Å². The highest BCUT2D eigenvalue weighted by Crippen LogP contribution is 2.28. The van der Waals surface area contributed by atoms with Gasteiger partial charge >= 0.3 is 0 Å². The van der Waals surface area contributed by atoms with Gasteiger partial charge in [0.05, 0.1) is 5.69 Å². The summed E-state index contributed by atoms with van der Waals surface area (Å²) in [5.74, 6) is 1.60. The minimum absolute atomic E-state index is 0.495. The van der Waals surface area contributed by atoms with Gasteiger partial charge in [-0.1, -0.05) is 18.5 Å². The molecular weight excluding hydrogens is 286 g/mol. The number of aromatic amines is 1. The van der Waals surface area contributed by atoms with E-state index in [0.29, 0.717) is 5.92 Å². The quantitative estimate of drug-likeness (QED) is 0.945. The van der Waals surface area contributed by atoms with Crippen LogP contribution in [-0.2, 0) is 20.0 Å². The Bertz CT molecular complexity index is 589. The Balaban J connectivity index is 1.73. The molecule has 0 radical (unpaired) electrons. The zero-order valence-electron chi connectivity index (χ0n) is 12.6. The van der Waals surface area contributed by atoms with E-state index >= 15 is 0 Å². The minimum Gasteiger partial charge on any atom is -0.348 e. The Morgan fingerprint density at radius 2 is 2.33 bits per heavy atom. The Labute approximate surface area is 130 Å². The van der Waals surface area contributed by atoms with Crippen molar-refractivity contribution in [3.63, 3.8) is 0 Å². The summed E-state index contributed by atoms with van der Waals surface area (Å²) in [5.41, 5.74) is 2.30. The van der Waals surface area contributed by atoms with E-state index in [0.717, 1.165) is 42.7 Å². The van der Waals surface area contributed by atoms with Gasteiger partial charge in [-0.2, -0.15) is 5.10 Å². The summed E-state index contributed by atoms with van der Waals surface area (Å²) < 4.78 is 1.78. The average Bonchev–Trinajstić information content (AvgIpc) is 3.12. The summed E-state index contributed by atoms with van der Waals surface area (Å²) >= 11 is 6.40. The predicted octanol–water partition coefficient (Wildman–Crippen LogP) is 2.74. The molecular formula is C15H22ClN5. The lowest BCUT2D eigenvalue weighted by atomic mass is 9.97. The number of H-pyrrole nitrogens is 1. The van der Waals surface area contributed by atoms with Crippen LogP contribution in [0.25, 0.3) is 0 Å². The molecule has 2 aromatic rings.